The van der Waals surface area contributed by atoms with E-state index < -0.39 is 10.0 Å². The predicted octanol–water partition coefficient (Wildman–Crippen LogP) is 2.26. The second-order valence-electron chi connectivity index (χ2n) is 7.70. The number of nitrogens with two attached hydrogens (primary N) is 1. The van der Waals surface area contributed by atoms with Crippen LogP contribution in [0.5, 0.6) is 0 Å². The molecule has 3 rings (SSSR count). The summed E-state index contributed by atoms with van der Waals surface area (Å²) >= 11 is 11.9. The van der Waals surface area contributed by atoms with Crippen molar-refractivity contribution in [2.75, 3.05) is 26.2 Å². The molecule has 0 radical (unpaired) electrons. The lowest BCUT2D eigenvalue weighted by Crippen LogP contribution is -2.49. The molecule has 0 aromatic heterocycles. The van der Waals surface area contributed by atoms with E-state index in [4.69, 9.17) is 28.9 Å². The summed E-state index contributed by atoms with van der Waals surface area (Å²) in [7, 11) is -3.58. The minimum atomic E-state index is -3.58. The molecule has 2 heterocycles. The van der Waals surface area contributed by atoms with Gasteiger partial charge in [0.05, 0.1) is 21.7 Å². The molecule has 160 valence electrons. The second kappa shape index (κ2) is 9.20. The fourth-order valence-electron chi connectivity index (χ4n) is 3.97. The van der Waals surface area contributed by atoms with Crippen LogP contribution in [0.15, 0.2) is 18.2 Å². The standard InChI is InChI=1S/C19H25Cl2N3O4S/c20-16-4-3-13(10-17(16)21)12-29(27,28)24-7-1-2-15(11-24)19(26)23-8-5-14(6-9-23)18(22)25/h3-4,10,14-15H,1-2,5-9,11-12H2,(H2,22,25)/t15-/m1/s1. The fourth-order valence-corrected chi connectivity index (χ4v) is 5.89. The highest BCUT2D eigenvalue weighted by Gasteiger charge is 2.36. The van der Waals surface area contributed by atoms with E-state index in [9.17, 15) is 18.0 Å². The highest BCUT2D eigenvalue weighted by Crippen LogP contribution is 2.27. The van der Waals surface area contributed by atoms with Crippen LogP contribution in [-0.4, -0.2) is 55.6 Å². The van der Waals surface area contributed by atoms with Gasteiger partial charge in [-0.3, -0.25) is 9.59 Å². The Morgan fingerprint density at radius 1 is 1.03 bits per heavy atom. The van der Waals surface area contributed by atoms with E-state index in [-0.39, 0.29) is 35.9 Å². The fraction of sp³-hybridized carbons (Fsp3) is 0.579. The maximum Gasteiger partial charge on any atom is 0.227 e. The van der Waals surface area contributed by atoms with Crippen molar-refractivity contribution in [2.24, 2.45) is 17.6 Å². The lowest BCUT2D eigenvalue weighted by Gasteiger charge is -2.37. The Balaban J connectivity index is 1.62. The molecular weight excluding hydrogens is 437 g/mol. The van der Waals surface area contributed by atoms with Crippen molar-refractivity contribution in [3.8, 4) is 0 Å². The van der Waals surface area contributed by atoms with Crippen LogP contribution in [0.4, 0.5) is 0 Å². The minimum Gasteiger partial charge on any atom is -0.369 e. The molecule has 0 unspecified atom stereocenters. The van der Waals surface area contributed by atoms with Crippen LogP contribution >= 0.6 is 23.2 Å². The smallest absolute Gasteiger partial charge is 0.227 e. The van der Waals surface area contributed by atoms with Gasteiger partial charge in [0.15, 0.2) is 0 Å². The number of likely N-dealkylation sites (tertiary alicyclic amines) is 1. The van der Waals surface area contributed by atoms with Gasteiger partial charge in [-0.05, 0) is 43.4 Å². The summed E-state index contributed by atoms with van der Waals surface area (Å²) in [6, 6.07) is 4.77. The molecule has 2 amide bonds. The first kappa shape index (κ1) is 22.3. The molecule has 1 atom stereocenters. The zero-order chi connectivity index (χ0) is 21.2. The summed E-state index contributed by atoms with van der Waals surface area (Å²) in [5.74, 6) is -1.10. The van der Waals surface area contributed by atoms with E-state index in [1.54, 1.807) is 23.1 Å². The highest BCUT2D eigenvalue weighted by atomic mass is 35.5. The van der Waals surface area contributed by atoms with E-state index in [2.05, 4.69) is 0 Å². The number of hydrogen-bond donors (Lipinski definition) is 1. The van der Waals surface area contributed by atoms with Crippen LogP contribution in [0.3, 0.4) is 0 Å². The lowest BCUT2D eigenvalue weighted by molar-refractivity contribution is -0.139. The number of halogens is 2. The molecule has 10 heteroatoms. The Labute approximate surface area is 181 Å². The first-order valence-electron chi connectivity index (χ1n) is 9.67. The average molecular weight is 462 g/mol. The molecule has 0 aliphatic carbocycles. The zero-order valence-corrected chi connectivity index (χ0v) is 18.3. The second-order valence-corrected chi connectivity index (χ2v) is 10.5. The summed E-state index contributed by atoms with van der Waals surface area (Å²) in [4.78, 5) is 25.9. The third kappa shape index (κ3) is 5.42. The maximum atomic E-state index is 12.9. The molecule has 2 saturated heterocycles. The van der Waals surface area contributed by atoms with Crippen molar-refractivity contribution < 1.29 is 18.0 Å². The lowest BCUT2D eigenvalue weighted by atomic mass is 9.93. The molecule has 2 aliphatic rings. The van der Waals surface area contributed by atoms with Crippen molar-refractivity contribution >= 4 is 45.0 Å². The first-order valence-corrected chi connectivity index (χ1v) is 12.0. The van der Waals surface area contributed by atoms with Crippen molar-refractivity contribution in [3.05, 3.63) is 33.8 Å². The average Bonchev–Trinajstić information content (AvgIpc) is 2.70. The molecule has 0 saturated carbocycles. The predicted molar refractivity (Wildman–Crippen MR) is 112 cm³/mol. The van der Waals surface area contributed by atoms with Gasteiger partial charge >= 0.3 is 0 Å². The quantitative estimate of drug-likeness (QED) is 0.726. The molecule has 0 spiro atoms. The van der Waals surface area contributed by atoms with Crippen molar-refractivity contribution in [2.45, 2.75) is 31.4 Å². The van der Waals surface area contributed by atoms with Crippen LogP contribution in [0.25, 0.3) is 0 Å². The first-order chi connectivity index (χ1) is 13.7. The van der Waals surface area contributed by atoms with Gasteiger partial charge in [0, 0.05) is 32.1 Å². The normalized spacial score (nSPS) is 21.9. The number of carbonyl (C=O) groups excluding carboxylic acids is 2. The molecule has 1 aromatic carbocycles. The van der Waals surface area contributed by atoms with Crippen molar-refractivity contribution in [3.63, 3.8) is 0 Å². The number of carbonyl (C=O) groups is 2. The van der Waals surface area contributed by atoms with Gasteiger partial charge in [-0.1, -0.05) is 29.3 Å². The van der Waals surface area contributed by atoms with E-state index in [1.807, 2.05) is 0 Å². The van der Waals surface area contributed by atoms with Crippen molar-refractivity contribution in [1.29, 1.82) is 0 Å². The third-order valence-electron chi connectivity index (χ3n) is 5.67. The number of nitrogens with zero attached hydrogens (tertiary/aromatic N) is 2. The number of amides is 2. The van der Waals surface area contributed by atoms with Crippen LogP contribution in [-0.2, 0) is 25.4 Å². The van der Waals surface area contributed by atoms with Gasteiger partial charge in [-0.15, -0.1) is 0 Å². The van der Waals surface area contributed by atoms with E-state index in [1.165, 1.54) is 4.31 Å². The largest absolute Gasteiger partial charge is 0.369 e. The van der Waals surface area contributed by atoms with Crippen LogP contribution in [0.2, 0.25) is 10.0 Å². The Morgan fingerprint density at radius 3 is 2.34 bits per heavy atom. The number of primary amides is 1. The number of sulfonamides is 1. The third-order valence-corrected chi connectivity index (χ3v) is 8.22. The van der Waals surface area contributed by atoms with Gasteiger partial charge in [0.25, 0.3) is 0 Å². The number of piperidine rings is 2. The van der Waals surface area contributed by atoms with Crippen LogP contribution in [0.1, 0.15) is 31.2 Å². The molecule has 2 N–H and O–H groups in total. The summed E-state index contributed by atoms with van der Waals surface area (Å²) in [6.07, 6.45) is 2.42. The molecular formula is C19H25Cl2N3O4S. The van der Waals surface area contributed by atoms with Crippen LogP contribution in [0, 0.1) is 11.8 Å². The summed E-state index contributed by atoms with van der Waals surface area (Å²) < 4.78 is 27.2. The SMILES string of the molecule is NC(=O)C1CCN(C(=O)[C@@H]2CCCN(S(=O)(=O)Cc3ccc(Cl)c(Cl)c3)C2)CC1. The molecule has 0 bridgehead atoms. The topological polar surface area (TPSA) is 101 Å². The van der Waals surface area contributed by atoms with E-state index in [0.29, 0.717) is 60.9 Å². The zero-order valence-electron chi connectivity index (χ0n) is 16.0. The van der Waals surface area contributed by atoms with Crippen LogP contribution < -0.4 is 5.73 Å². The summed E-state index contributed by atoms with van der Waals surface area (Å²) in [6.45, 7) is 1.55. The number of benzene rings is 1. The molecule has 2 fully saturated rings. The highest BCUT2D eigenvalue weighted by molar-refractivity contribution is 7.88. The van der Waals surface area contributed by atoms with Crippen molar-refractivity contribution in [1.82, 2.24) is 9.21 Å². The maximum absolute atomic E-state index is 12.9. The number of hydrogen-bond acceptors (Lipinski definition) is 4. The van der Waals surface area contributed by atoms with Gasteiger partial charge in [-0.2, -0.15) is 0 Å². The van der Waals surface area contributed by atoms with Gasteiger partial charge in [0.1, 0.15) is 0 Å². The minimum absolute atomic E-state index is 0.0395. The Bertz CT molecular complexity index is 885. The molecule has 7 nitrogen and oxygen atoms in total. The summed E-state index contributed by atoms with van der Waals surface area (Å²) in [5.41, 5.74) is 5.90. The molecule has 2 aliphatic heterocycles. The molecule has 29 heavy (non-hydrogen) atoms. The molecule has 1 aromatic rings. The number of rotatable bonds is 5. The summed E-state index contributed by atoms with van der Waals surface area (Å²) in [5, 5.41) is 0.682. The Kier molecular flexibility index (Phi) is 7.09. The van der Waals surface area contributed by atoms with E-state index in [0.717, 1.165) is 0 Å². The Hall–Kier alpha value is -1.35. The van der Waals surface area contributed by atoms with Gasteiger partial charge in [-0.25, -0.2) is 12.7 Å². The Morgan fingerprint density at radius 2 is 1.72 bits per heavy atom. The van der Waals surface area contributed by atoms with Gasteiger partial charge < -0.3 is 10.6 Å². The van der Waals surface area contributed by atoms with Gasteiger partial charge in [0.2, 0.25) is 21.8 Å². The van der Waals surface area contributed by atoms with E-state index >= 15 is 0 Å². The monoisotopic (exact) mass is 461 g/mol.